The number of aliphatic hydroxyl groups is 2. The molecule has 6 unspecified atom stereocenters. The van der Waals surface area contributed by atoms with Crippen LogP contribution in [0.2, 0.25) is 0 Å². The third-order valence-electron chi connectivity index (χ3n) is 8.17. The van der Waals surface area contributed by atoms with Gasteiger partial charge in [0, 0.05) is 0 Å². The van der Waals surface area contributed by atoms with Gasteiger partial charge in [0.15, 0.2) is 6.10 Å². The Labute approximate surface area is 194 Å². The molecule has 11 heteroatoms. The lowest BCUT2D eigenvalue weighted by molar-refractivity contribution is -0.177. The molecule has 0 heterocycles. The SMILES string of the molecule is CCC(O)(CC)C1C2CC(OCC(=O)OC(C)C(F)(F)S(=O)(=O)O)C(C2)C1C(O)(CC)CC. The van der Waals surface area contributed by atoms with E-state index in [0.29, 0.717) is 39.0 Å². The molecule has 0 amide bonds. The predicted molar refractivity (Wildman–Crippen MR) is 116 cm³/mol. The Hall–Kier alpha value is -0.880. The lowest BCUT2D eigenvalue weighted by Crippen LogP contribution is -2.55. The number of esters is 1. The normalized spacial score (nSPS) is 29.3. The molecule has 6 atom stereocenters. The summed E-state index contributed by atoms with van der Waals surface area (Å²) in [6.45, 7) is 7.65. The Bertz CT molecular complexity index is 794. The number of carbonyl (C=O) groups excluding carboxylic acids is 1. The molecule has 0 aliphatic heterocycles. The molecule has 2 bridgehead atoms. The van der Waals surface area contributed by atoms with Crippen LogP contribution in [0.25, 0.3) is 0 Å². The van der Waals surface area contributed by atoms with Gasteiger partial charge in [-0.2, -0.15) is 17.2 Å². The van der Waals surface area contributed by atoms with Crippen LogP contribution < -0.4 is 0 Å². The van der Waals surface area contributed by atoms with Crippen molar-refractivity contribution in [3.8, 4) is 0 Å². The molecule has 0 spiro atoms. The highest BCUT2D eigenvalue weighted by Crippen LogP contribution is 2.61. The minimum atomic E-state index is -5.74. The van der Waals surface area contributed by atoms with E-state index in [2.05, 4.69) is 4.74 Å². The summed E-state index contributed by atoms with van der Waals surface area (Å²) < 4.78 is 67.7. The number of fused-ring (bicyclic) bond motifs is 2. The van der Waals surface area contributed by atoms with E-state index >= 15 is 0 Å². The van der Waals surface area contributed by atoms with Crippen molar-refractivity contribution in [1.29, 1.82) is 0 Å². The van der Waals surface area contributed by atoms with Gasteiger partial charge in [-0.1, -0.05) is 27.7 Å². The molecule has 2 rings (SSSR count). The first-order valence-electron chi connectivity index (χ1n) is 11.7. The zero-order chi connectivity index (χ0) is 25.4. The van der Waals surface area contributed by atoms with Crippen LogP contribution in [0.4, 0.5) is 8.78 Å². The van der Waals surface area contributed by atoms with Crippen molar-refractivity contribution in [2.24, 2.45) is 23.7 Å². The second kappa shape index (κ2) is 10.0. The van der Waals surface area contributed by atoms with Crippen molar-refractivity contribution in [2.75, 3.05) is 6.61 Å². The topological polar surface area (TPSA) is 130 Å². The first-order valence-corrected chi connectivity index (χ1v) is 13.2. The number of carbonyl (C=O) groups is 1. The van der Waals surface area contributed by atoms with E-state index in [0.717, 1.165) is 6.42 Å². The van der Waals surface area contributed by atoms with Gasteiger partial charge in [0.25, 0.3) is 0 Å². The van der Waals surface area contributed by atoms with Crippen LogP contribution >= 0.6 is 0 Å². The average molecular weight is 501 g/mol. The summed E-state index contributed by atoms with van der Waals surface area (Å²) in [7, 11) is -5.74. The second-order valence-electron chi connectivity index (χ2n) is 9.59. The third kappa shape index (κ3) is 5.22. The van der Waals surface area contributed by atoms with Crippen LogP contribution in [0, 0.1) is 23.7 Å². The molecule has 2 saturated carbocycles. The summed E-state index contributed by atoms with van der Waals surface area (Å²) in [5.74, 6) is -1.60. The lowest BCUT2D eigenvalue weighted by atomic mass is 9.60. The Morgan fingerprint density at radius 3 is 1.94 bits per heavy atom. The van der Waals surface area contributed by atoms with E-state index in [1.807, 2.05) is 27.7 Å². The molecule has 0 saturated heterocycles. The van der Waals surface area contributed by atoms with Crippen LogP contribution in [0.1, 0.15) is 73.1 Å². The number of alkyl halides is 2. The molecular formula is C22H38F2O8S. The fourth-order valence-corrected chi connectivity index (χ4v) is 6.59. The zero-order valence-electron chi connectivity index (χ0n) is 20.0. The van der Waals surface area contributed by atoms with Crippen LogP contribution in [-0.4, -0.2) is 64.4 Å². The highest BCUT2D eigenvalue weighted by molar-refractivity contribution is 7.86. The number of rotatable bonds is 12. The summed E-state index contributed by atoms with van der Waals surface area (Å²) >= 11 is 0. The monoisotopic (exact) mass is 500 g/mol. The van der Waals surface area contributed by atoms with Gasteiger partial charge < -0.3 is 19.7 Å². The van der Waals surface area contributed by atoms with Crippen molar-refractivity contribution in [1.82, 2.24) is 0 Å². The fraction of sp³-hybridized carbons (Fsp3) is 0.955. The zero-order valence-corrected chi connectivity index (χ0v) is 20.8. The molecule has 8 nitrogen and oxygen atoms in total. The summed E-state index contributed by atoms with van der Waals surface area (Å²) in [6.07, 6.45) is 0.546. The van der Waals surface area contributed by atoms with Crippen LogP contribution in [-0.2, 0) is 24.4 Å². The van der Waals surface area contributed by atoms with Crippen LogP contribution in [0.5, 0.6) is 0 Å². The Morgan fingerprint density at radius 1 is 1.00 bits per heavy atom. The maximum atomic E-state index is 13.6. The molecule has 33 heavy (non-hydrogen) atoms. The summed E-state index contributed by atoms with van der Waals surface area (Å²) in [4.78, 5) is 12.1. The molecule has 0 aromatic heterocycles. The predicted octanol–water partition coefficient (Wildman–Crippen LogP) is 3.16. The van der Waals surface area contributed by atoms with Crippen molar-refractivity contribution in [3.05, 3.63) is 0 Å². The first kappa shape index (κ1) is 28.4. The number of hydrogen-bond acceptors (Lipinski definition) is 7. The molecule has 2 aliphatic carbocycles. The standard InChI is InChI=1S/C22H38F2O8S/c1-6-20(26,7-2)18-14-10-15(19(18)21(27,8-3)9-4)16(11-14)31-12-17(25)32-13(5)22(23,24)33(28,29)30/h13-16,18-19,26-27H,6-12H2,1-5H3,(H,28,29,30). The minimum absolute atomic E-state index is 0.0818. The van der Waals surface area contributed by atoms with E-state index in [-0.39, 0.29) is 23.7 Å². The van der Waals surface area contributed by atoms with Gasteiger partial charge in [0.05, 0.1) is 17.3 Å². The summed E-state index contributed by atoms with van der Waals surface area (Å²) in [5, 5.41) is 18.1. The molecule has 2 fully saturated rings. The number of ether oxygens (including phenoxy) is 2. The van der Waals surface area contributed by atoms with Crippen LogP contribution in [0.3, 0.4) is 0 Å². The second-order valence-corrected chi connectivity index (χ2v) is 11.1. The maximum Gasteiger partial charge on any atom is 0.405 e. The van der Waals surface area contributed by atoms with E-state index in [4.69, 9.17) is 9.29 Å². The van der Waals surface area contributed by atoms with Crippen LogP contribution in [0.15, 0.2) is 0 Å². The van der Waals surface area contributed by atoms with E-state index in [1.165, 1.54) is 0 Å². The summed E-state index contributed by atoms with van der Waals surface area (Å²) in [5.41, 5.74) is -1.94. The summed E-state index contributed by atoms with van der Waals surface area (Å²) in [6, 6.07) is 0. The van der Waals surface area contributed by atoms with Crippen molar-refractivity contribution in [3.63, 3.8) is 0 Å². The fourth-order valence-electron chi connectivity index (χ4n) is 6.13. The highest BCUT2D eigenvalue weighted by atomic mass is 32.2. The van der Waals surface area contributed by atoms with Gasteiger partial charge in [-0.15, -0.1) is 0 Å². The smallest absolute Gasteiger partial charge is 0.405 e. The third-order valence-corrected chi connectivity index (χ3v) is 9.19. The molecule has 0 radical (unpaired) electrons. The number of hydrogen-bond donors (Lipinski definition) is 3. The Kier molecular flexibility index (Phi) is 8.60. The van der Waals surface area contributed by atoms with E-state index in [1.54, 1.807) is 0 Å². The highest BCUT2D eigenvalue weighted by Gasteiger charge is 2.63. The van der Waals surface area contributed by atoms with Gasteiger partial charge in [-0.25, -0.2) is 4.79 Å². The van der Waals surface area contributed by atoms with Gasteiger partial charge in [0.2, 0.25) is 0 Å². The Morgan fingerprint density at radius 2 is 1.48 bits per heavy atom. The molecule has 194 valence electrons. The van der Waals surface area contributed by atoms with E-state index < -0.39 is 51.4 Å². The largest absolute Gasteiger partial charge is 0.453 e. The Balaban J connectivity index is 2.14. The van der Waals surface area contributed by atoms with Crippen molar-refractivity contribution < 1.29 is 46.2 Å². The molecule has 3 N–H and O–H groups in total. The molecule has 0 aromatic rings. The maximum absolute atomic E-state index is 13.6. The van der Waals surface area contributed by atoms with E-state index in [9.17, 15) is 32.2 Å². The van der Waals surface area contributed by atoms with Gasteiger partial charge in [-0.05, 0) is 69.1 Å². The van der Waals surface area contributed by atoms with Gasteiger partial charge in [0.1, 0.15) is 6.61 Å². The molecule has 0 aromatic carbocycles. The first-order chi connectivity index (χ1) is 15.1. The minimum Gasteiger partial charge on any atom is -0.453 e. The molecule has 2 aliphatic rings. The van der Waals surface area contributed by atoms with Crippen molar-refractivity contribution in [2.45, 2.75) is 102 Å². The van der Waals surface area contributed by atoms with Gasteiger partial charge >= 0.3 is 21.3 Å². The number of halogens is 2. The average Bonchev–Trinajstić information content (AvgIpc) is 3.34. The quantitative estimate of drug-likeness (QED) is 0.275. The molecular weight excluding hydrogens is 462 g/mol. The van der Waals surface area contributed by atoms with Gasteiger partial charge in [-0.3, -0.25) is 4.55 Å². The van der Waals surface area contributed by atoms with Crippen molar-refractivity contribution >= 4 is 16.1 Å². The lowest BCUT2D eigenvalue weighted by Gasteiger charge is -2.50.